The molecule has 0 fully saturated rings. The molecule has 0 bridgehead atoms. The van der Waals surface area contributed by atoms with Crippen LogP contribution in [0.3, 0.4) is 0 Å². The SMILES string of the molecule is COC1=CC=C2CC(Cl)=CC=C21. The summed E-state index contributed by atoms with van der Waals surface area (Å²) in [7, 11) is 1.68. The quantitative estimate of drug-likeness (QED) is 0.603. The molecule has 0 saturated heterocycles. The average Bonchev–Trinajstić information content (AvgIpc) is 2.46. The van der Waals surface area contributed by atoms with E-state index in [0.29, 0.717) is 0 Å². The van der Waals surface area contributed by atoms with E-state index in [1.54, 1.807) is 7.11 Å². The number of hydrogen-bond acceptors (Lipinski definition) is 1. The maximum atomic E-state index is 5.89. The molecular weight excluding hydrogens is 172 g/mol. The topological polar surface area (TPSA) is 9.23 Å². The van der Waals surface area contributed by atoms with Gasteiger partial charge in [-0.05, 0) is 23.8 Å². The molecule has 2 heteroatoms. The molecule has 0 aromatic rings. The highest BCUT2D eigenvalue weighted by atomic mass is 35.5. The highest BCUT2D eigenvalue weighted by Crippen LogP contribution is 2.35. The van der Waals surface area contributed by atoms with Gasteiger partial charge in [0.25, 0.3) is 0 Å². The molecule has 62 valence electrons. The van der Waals surface area contributed by atoms with Crippen LogP contribution in [0.5, 0.6) is 0 Å². The third-order valence-corrected chi connectivity index (χ3v) is 2.32. The van der Waals surface area contributed by atoms with Crippen LogP contribution in [-0.4, -0.2) is 7.11 Å². The van der Waals surface area contributed by atoms with Crippen LogP contribution in [0.25, 0.3) is 0 Å². The lowest BCUT2D eigenvalue weighted by Gasteiger charge is -2.12. The Kier molecular flexibility index (Phi) is 1.81. The van der Waals surface area contributed by atoms with E-state index in [-0.39, 0.29) is 0 Å². The van der Waals surface area contributed by atoms with Crippen LogP contribution in [0.4, 0.5) is 0 Å². The number of halogens is 1. The van der Waals surface area contributed by atoms with Crippen LogP contribution in [0.15, 0.2) is 46.2 Å². The smallest absolute Gasteiger partial charge is 0.126 e. The second-order valence-corrected chi connectivity index (χ2v) is 3.28. The molecule has 0 aromatic heterocycles. The number of fused-ring (bicyclic) bond motifs is 1. The Labute approximate surface area is 76.7 Å². The first kappa shape index (κ1) is 7.69. The van der Waals surface area contributed by atoms with Crippen molar-refractivity contribution in [1.82, 2.24) is 0 Å². The molecule has 0 aromatic carbocycles. The largest absolute Gasteiger partial charge is 0.496 e. The highest BCUT2D eigenvalue weighted by molar-refractivity contribution is 6.30. The van der Waals surface area contributed by atoms with Crippen molar-refractivity contribution in [3.05, 3.63) is 46.2 Å². The Bertz CT molecular complexity index is 328. The molecule has 12 heavy (non-hydrogen) atoms. The molecule has 0 amide bonds. The molecule has 0 unspecified atom stereocenters. The summed E-state index contributed by atoms with van der Waals surface area (Å²) in [5.41, 5.74) is 2.42. The maximum absolute atomic E-state index is 5.89. The van der Waals surface area contributed by atoms with E-state index < -0.39 is 0 Å². The summed E-state index contributed by atoms with van der Waals surface area (Å²) >= 11 is 5.89. The summed E-state index contributed by atoms with van der Waals surface area (Å²) in [5, 5.41) is 0.885. The van der Waals surface area contributed by atoms with Crippen LogP contribution in [-0.2, 0) is 4.74 Å². The first-order valence-corrected chi connectivity index (χ1v) is 4.21. The first-order valence-electron chi connectivity index (χ1n) is 3.83. The van der Waals surface area contributed by atoms with Gasteiger partial charge in [-0.15, -0.1) is 0 Å². The molecule has 1 nitrogen and oxygen atoms in total. The fourth-order valence-electron chi connectivity index (χ4n) is 1.45. The summed E-state index contributed by atoms with van der Waals surface area (Å²) in [6, 6.07) is 0. The first-order chi connectivity index (χ1) is 5.81. The van der Waals surface area contributed by atoms with E-state index in [9.17, 15) is 0 Å². The van der Waals surface area contributed by atoms with Gasteiger partial charge in [0, 0.05) is 17.0 Å². The summed E-state index contributed by atoms with van der Waals surface area (Å²) in [6.07, 6.45) is 8.79. The van der Waals surface area contributed by atoms with Gasteiger partial charge in [-0.25, -0.2) is 0 Å². The standard InChI is InChI=1S/C10H9ClO/c1-12-10-5-2-7-6-8(11)3-4-9(7)10/h2-5H,6H2,1H3. The summed E-state index contributed by atoms with van der Waals surface area (Å²) in [6.45, 7) is 0. The zero-order chi connectivity index (χ0) is 8.55. The number of allylic oxidation sites excluding steroid dienone is 6. The van der Waals surface area contributed by atoms with Crippen molar-refractivity contribution < 1.29 is 4.74 Å². The van der Waals surface area contributed by atoms with Crippen LogP contribution in [0, 0.1) is 0 Å². The van der Waals surface area contributed by atoms with Crippen LogP contribution < -0.4 is 0 Å². The lowest BCUT2D eigenvalue weighted by Crippen LogP contribution is -1.95. The van der Waals surface area contributed by atoms with Crippen molar-refractivity contribution in [2.24, 2.45) is 0 Å². The molecule has 2 rings (SSSR count). The molecule has 0 spiro atoms. The van der Waals surface area contributed by atoms with Gasteiger partial charge >= 0.3 is 0 Å². The van der Waals surface area contributed by atoms with E-state index in [1.807, 2.05) is 18.2 Å². The Balaban J connectivity index is 2.35. The lowest BCUT2D eigenvalue weighted by atomic mass is 10.0. The summed E-state index contributed by atoms with van der Waals surface area (Å²) in [4.78, 5) is 0. The van der Waals surface area contributed by atoms with Crippen molar-refractivity contribution >= 4 is 11.6 Å². The Hall–Kier alpha value is -0.950. The van der Waals surface area contributed by atoms with Crippen LogP contribution in [0.2, 0.25) is 0 Å². The molecule has 0 aliphatic heterocycles. The highest BCUT2D eigenvalue weighted by Gasteiger charge is 2.18. The molecule has 0 radical (unpaired) electrons. The second-order valence-electron chi connectivity index (χ2n) is 2.80. The van der Waals surface area contributed by atoms with Crippen molar-refractivity contribution in [2.75, 3.05) is 7.11 Å². The van der Waals surface area contributed by atoms with Gasteiger partial charge in [0.05, 0.1) is 7.11 Å². The molecule has 0 saturated carbocycles. The normalized spacial score (nSPS) is 20.5. The third kappa shape index (κ3) is 1.10. The van der Waals surface area contributed by atoms with Gasteiger partial charge in [-0.1, -0.05) is 17.7 Å². The average molecular weight is 181 g/mol. The molecule has 0 heterocycles. The van der Waals surface area contributed by atoms with Crippen molar-refractivity contribution in [3.8, 4) is 0 Å². The molecule has 0 atom stereocenters. The summed E-state index contributed by atoms with van der Waals surface area (Å²) < 4.78 is 5.18. The van der Waals surface area contributed by atoms with E-state index in [0.717, 1.165) is 17.2 Å². The molecule has 2 aliphatic carbocycles. The molecule has 0 N–H and O–H groups in total. The van der Waals surface area contributed by atoms with Gasteiger partial charge in [-0.3, -0.25) is 0 Å². The number of hydrogen-bond donors (Lipinski definition) is 0. The maximum Gasteiger partial charge on any atom is 0.126 e. The van der Waals surface area contributed by atoms with Gasteiger partial charge in [0.15, 0.2) is 0 Å². The Morgan fingerprint density at radius 3 is 2.83 bits per heavy atom. The minimum atomic E-state index is 0.830. The van der Waals surface area contributed by atoms with E-state index >= 15 is 0 Å². The van der Waals surface area contributed by atoms with E-state index in [2.05, 4.69) is 6.08 Å². The zero-order valence-electron chi connectivity index (χ0n) is 6.80. The number of methoxy groups -OCH3 is 1. The van der Waals surface area contributed by atoms with Crippen LogP contribution in [0.1, 0.15) is 6.42 Å². The lowest BCUT2D eigenvalue weighted by molar-refractivity contribution is 0.303. The Morgan fingerprint density at radius 2 is 2.08 bits per heavy atom. The van der Waals surface area contributed by atoms with Crippen molar-refractivity contribution in [3.63, 3.8) is 0 Å². The van der Waals surface area contributed by atoms with Crippen molar-refractivity contribution in [2.45, 2.75) is 6.42 Å². The van der Waals surface area contributed by atoms with E-state index in [1.165, 1.54) is 11.1 Å². The third-order valence-electron chi connectivity index (χ3n) is 2.06. The van der Waals surface area contributed by atoms with Crippen molar-refractivity contribution in [1.29, 1.82) is 0 Å². The fraction of sp³-hybridized carbons (Fsp3) is 0.200. The minimum Gasteiger partial charge on any atom is -0.496 e. The Morgan fingerprint density at radius 1 is 1.25 bits per heavy atom. The number of ether oxygens (including phenoxy) is 1. The summed E-state index contributed by atoms with van der Waals surface area (Å²) in [5.74, 6) is 0.936. The monoisotopic (exact) mass is 180 g/mol. The second kappa shape index (κ2) is 2.83. The molecular formula is C10H9ClO. The predicted molar refractivity (Wildman–Crippen MR) is 49.8 cm³/mol. The number of rotatable bonds is 1. The van der Waals surface area contributed by atoms with Gasteiger partial charge in [0.2, 0.25) is 0 Å². The minimum absolute atomic E-state index is 0.830. The van der Waals surface area contributed by atoms with E-state index in [4.69, 9.17) is 16.3 Å². The van der Waals surface area contributed by atoms with Gasteiger partial charge in [-0.2, -0.15) is 0 Å². The van der Waals surface area contributed by atoms with Gasteiger partial charge in [0.1, 0.15) is 5.76 Å². The predicted octanol–water partition coefficient (Wildman–Crippen LogP) is 2.91. The van der Waals surface area contributed by atoms with Gasteiger partial charge < -0.3 is 4.74 Å². The molecule has 2 aliphatic rings. The fourth-order valence-corrected chi connectivity index (χ4v) is 1.66. The van der Waals surface area contributed by atoms with Crippen LogP contribution >= 0.6 is 11.6 Å². The zero-order valence-corrected chi connectivity index (χ0v) is 7.56.